The van der Waals surface area contributed by atoms with Crippen molar-refractivity contribution in [3.05, 3.63) is 83.9 Å². The first kappa shape index (κ1) is 22.2. The highest BCUT2D eigenvalue weighted by molar-refractivity contribution is 7.99. The molecule has 0 saturated carbocycles. The van der Waals surface area contributed by atoms with E-state index in [1.165, 1.54) is 5.56 Å². The van der Waals surface area contributed by atoms with E-state index in [1.54, 1.807) is 26.0 Å². The summed E-state index contributed by atoms with van der Waals surface area (Å²) >= 11 is 1.77. The number of hydrogen-bond acceptors (Lipinski definition) is 6. The van der Waals surface area contributed by atoms with Crippen molar-refractivity contribution in [1.82, 2.24) is 5.32 Å². The molecule has 3 aromatic rings. The molecule has 0 saturated heterocycles. The minimum Gasteiger partial charge on any atom is -0.493 e. The third-order valence-electron chi connectivity index (χ3n) is 5.51. The maximum absolute atomic E-state index is 13.3. The first-order valence-corrected chi connectivity index (χ1v) is 11.5. The summed E-state index contributed by atoms with van der Waals surface area (Å²) in [5, 5.41) is 3.49. The summed E-state index contributed by atoms with van der Waals surface area (Å²) < 4.78 is 16.7. The number of thioether (sulfide) groups is 1. The fourth-order valence-corrected chi connectivity index (χ4v) is 5.32. The number of carbonyl (C=O) groups excluding carboxylic acids is 1. The molecule has 1 heterocycles. The minimum absolute atomic E-state index is 0.0707. The van der Waals surface area contributed by atoms with Crippen LogP contribution in [-0.4, -0.2) is 39.7 Å². The number of methoxy groups -OCH3 is 2. The monoisotopic (exact) mass is 449 g/mol. The van der Waals surface area contributed by atoms with Crippen LogP contribution in [0.3, 0.4) is 0 Å². The molecule has 4 rings (SSSR count). The minimum atomic E-state index is -0.155. The Morgan fingerprint density at radius 1 is 0.875 bits per heavy atom. The molecule has 0 radical (unpaired) electrons. The smallest absolute Gasteiger partial charge is 0.203 e. The molecule has 32 heavy (non-hydrogen) atoms. The normalized spacial score (nSPS) is 17.5. The number of hydrogen-bond donors (Lipinski definition) is 1. The van der Waals surface area contributed by atoms with Gasteiger partial charge >= 0.3 is 0 Å². The van der Waals surface area contributed by atoms with Gasteiger partial charge in [-0.3, -0.25) is 4.79 Å². The van der Waals surface area contributed by atoms with Crippen molar-refractivity contribution in [3.63, 3.8) is 0 Å². The number of benzene rings is 3. The second-order valence-corrected chi connectivity index (χ2v) is 8.64. The van der Waals surface area contributed by atoms with E-state index in [-0.39, 0.29) is 17.0 Å². The molecule has 0 bridgehead atoms. The van der Waals surface area contributed by atoms with Gasteiger partial charge in [0.15, 0.2) is 17.3 Å². The summed E-state index contributed by atoms with van der Waals surface area (Å²) in [4.78, 5) is 14.4. The zero-order valence-corrected chi connectivity index (χ0v) is 19.1. The third-order valence-corrected chi connectivity index (χ3v) is 6.97. The fourth-order valence-electron chi connectivity index (χ4n) is 3.91. The van der Waals surface area contributed by atoms with E-state index in [1.807, 2.05) is 60.7 Å². The standard InChI is InChI=1S/C26H27NO4S/c1-29-21-12-8-13-22(30-2)25(21)31-16-15-27-17-20-24(28)19-11-6-7-14-23(19)32-26(20)18-9-4-3-5-10-18/h3-14,20,26-27H,15-17H2,1-2H3/t20-,26+/m1/s1. The number of carbonyl (C=O) groups is 1. The van der Waals surface area contributed by atoms with Crippen LogP contribution in [0.2, 0.25) is 0 Å². The Hall–Kier alpha value is -2.96. The van der Waals surface area contributed by atoms with Crippen LogP contribution >= 0.6 is 11.8 Å². The molecule has 0 unspecified atom stereocenters. The zero-order chi connectivity index (χ0) is 22.3. The van der Waals surface area contributed by atoms with Gasteiger partial charge in [0.2, 0.25) is 5.75 Å². The fraction of sp³-hybridized carbons (Fsp3) is 0.269. The molecule has 1 aliphatic rings. The summed E-state index contributed by atoms with van der Waals surface area (Å²) in [5.74, 6) is 1.87. The van der Waals surface area contributed by atoms with Gasteiger partial charge in [-0.15, -0.1) is 11.8 Å². The van der Waals surface area contributed by atoms with Crippen LogP contribution in [0, 0.1) is 5.92 Å². The number of ketones is 1. The van der Waals surface area contributed by atoms with Crippen molar-refractivity contribution in [3.8, 4) is 17.2 Å². The molecule has 5 nitrogen and oxygen atoms in total. The van der Waals surface area contributed by atoms with Crippen LogP contribution in [0.1, 0.15) is 21.2 Å². The van der Waals surface area contributed by atoms with Crippen LogP contribution < -0.4 is 19.5 Å². The molecule has 0 aliphatic carbocycles. The number of nitrogens with one attached hydrogen (secondary N) is 1. The van der Waals surface area contributed by atoms with Crippen molar-refractivity contribution < 1.29 is 19.0 Å². The lowest BCUT2D eigenvalue weighted by Crippen LogP contribution is -2.36. The SMILES string of the molecule is COc1cccc(OC)c1OCCNC[C@@H]1C(=O)c2ccccc2S[C@H]1c1ccccc1. The Kier molecular flexibility index (Phi) is 7.35. The molecule has 3 aromatic carbocycles. The molecule has 2 atom stereocenters. The predicted octanol–water partition coefficient (Wildman–Crippen LogP) is 5.02. The number of fused-ring (bicyclic) bond motifs is 1. The van der Waals surface area contributed by atoms with Gasteiger partial charge in [-0.25, -0.2) is 0 Å². The van der Waals surface area contributed by atoms with Crippen molar-refractivity contribution in [1.29, 1.82) is 0 Å². The summed E-state index contributed by atoms with van der Waals surface area (Å²) in [7, 11) is 3.21. The lowest BCUT2D eigenvalue weighted by atomic mass is 9.90. The van der Waals surface area contributed by atoms with Gasteiger partial charge in [0.05, 0.1) is 20.1 Å². The molecule has 0 aromatic heterocycles. The van der Waals surface area contributed by atoms with Crippen molar-refractivity contribution in [2.24, 2.45) is 5.92 Å². The molecule has 0 amide bonds. The average Bonchev–Trinajstić information content (AvgIpc) is 2.85. The number of para-hydroxylation sites is 1. The summed E-state index contributed by atoms with van der Waals surface area (Å²) in [6, 6.07) is 23.7. The van der Waals surface area contributed by atoms with Gasteiger partial charge < -0.3 is 19.5 Å². The Morgan fingerprint density at radius 2 is 1.56 bits per heavy atom. The van der Waals surface area contributed by atoms with E-state index in [0.29, 0.717) is 36.9 Å². The second-order valence-electron chi connectivity index (χ2n) is 7.46. The van der Waals surface area contributed by atoms with Gasteiger partial charge in [0, 0.05) is 28.8 Å². The van der Waals surface area contributed by atoms with Crippen LogP contribution in [-0.2, 0) is 0 Å². The maximum Gasteiger partial charge on any atom is 0.203 e. The lowest BCUT2D eigenvalue weighted by molar-refractivity contribution is 0.0908. The summed E-state index contributed by atoms with van der Waals surface area (Å²) in [6.45, 7) is 1.60. The zero-order valence-electron chi connectivity index (χ0n) is 18.2. The maximum atomic E-state index is 13.3. The molecule has 6 heteroatoms. The van der Waals surface area contributed by atoms with E-state index in [2.05, 4.69) is 17.4 Å². The first-order chi connectivity index (χ1) is 15.7. The largest absolute Gasteiger partial charge is 0.493 e. The second kappa shape index (κ2) is 10.6. The number of rotatable bonds is 9. The Balaban J connectivity index is 1.42. The van der Waals surface area contributed by atoms with Gasteiger partial charge in [0.1, 0.15) is 6.61 Å². The van der Waals surface area contributed by atoms with E-state index < -0.39 is 0 Å². The Bertz CT molecular complexity index is 1030. The van der Waals surface area contributed by atoms with Gasteiger partial charge in [-0.1, -0.05) is 54.6 Å². The highest BCUT2D eigenvalue weighted by atomic mass is 32.2. The first-order valence-electron chi connectivity index (χ1n) is 10.6. The highest BCUT2D eigenvalue weighted by Crippen LogP contribution is 2.47. The van der Waals surface area contributed by atoms with Crippen molar-refractivity contribution in [2.75, 3.05) is 33.9 Å². The Labute approximate surface area is 193 Å². The highest BCUT2D eigenvalue weighted by Gasteiger charge is 2.36. The van der Waals surface area contributed by atoms with Gasteiger partial charge in [-0.2, -0.15) is 0 Å². The van der Waals surface area contributed by atoms with Gasteiger partial charge in [-0.05, 0) is 23.8 Å². The summed E-state index contributed by atoms with van der Waals surface area (Å²) in [5.41, 5.74) is 1.98. The molecule has 0 spiro atoms. The summed E-state index contributed by atoms with van der Waals surface area (Å²) in [6.07, 6.45) is 0. The molecular weight excluding hydrogens is 422 g/mol. The van der Waals surface area contributed by atoms with Crippen LogP contribution in [0.25, 0.3) is 0 Å². The molecule has 1 aliphatic heterocycles. The van der Waals surface area contributed by atoms with E-state index in [9.17, 15) is 4.79 Å². The van der Waals surface area contributed by atoms with Crippen LogP contribution in [0.4, 0.5) is 0 Å². The average molecular weight is 450 g/mol. The lowest BCUT2D eigenvalue weighted by Gasteiger charge is -2.32. The number of ether oxygens (including phenoxy) is 3. The van der Waals surface area contributed by atoms with E-state index >= 15 is 0 Å². The van der Waals surface area contributed by atoms with E-state index in [4.69, 9.17) is 14.2 Å². The van der Waals surface area contributed by atoms with Crippen LogP contribution in [0.5, 0.6) is 17.2 Å². The molecule has 0 fully saturated rings. The molecular formula is C26H27NO4S. The third kappa shape index (κ3) is 4.76. The Morgan fingerprint density at radius 3 is 2.28 bits per heavy atom. The predicted molar refractivity (Wildman–Crippen MR) is 127 cm³/mol. The quantitative estimate of drug-likeness (QED) is 0.463. The molecule has 166 valence electrons. The molecule has 1 N–H and O–H groups in total. The van der Waals surface area contributed by atoms with Crippen LogP contribution in [0.15, 0.2) is 77.7 Å². The van der Waals surface area contributed by atoms with Crippen molar-refractivity contribution >= 4 is 17.5 Å². The van der Waals surface area contributed by atoms with Crippen molar-refractivity contribution in [2.45, 2.75) is 10.1 Å². The topological polar surface area (TPSA) is 56.8 Å². The van der Waals surface area contributed by atoms with Gasteiger partial charge in [0.25, 0.3) is 0 Å². The van der Waals surface area contributed by atoms with E-state index in [0.717, 1.165) is 10.5 Å². The number of Topliss-reactive ketones (excluding diaryl/α,β-unsaturated/α-hetero) is 1.